The summed E-state index contributed by atoms with van der Waals surface area (Å²) in [5, 5.41) is 18.4. The quantitative estimate of drug-likeness (QED) is 0.545. The molecule has 0 aliphatic carbocycles. The maximum absolute atomic E-state index is 10.6. The van der Waals surface area contributed by atoms with E-state index in [9.17, 15) is 26.3 Å². The van der Waals surface area contributed by atoms with Crippen LogP contribution in [0.15, 0.2) is 4.52 Å². The first kappa shape index (κ1) is 30.8. The summed E-state index contributed by atoms with van der Waals surface area (Å²) in [7, 11) is 0. The van der Waals surface area contributed by atoms with Crippen molar-refractivity contribution in [2.45, 2.75) is 70.5 Å². The second kappa shape index (κ2) is 12.9. The number of nitrogens with zero attached hydrogens (tertiary/aromatic N) is 3. The molecule has 1 aromatic rings. The van der Waals surface area contributed by atoms with Crippen LogP contribution in [0.4, 0.5) is 26.3 Å². The molecule has 2 atom stereocenters. The Morgan fingerprint density at radius 1 is 0.892 bits per heavy atom. The molecule has 0 radical (unpaired) electrons. The predicted molar refractivity (Wildman–Crippen MR) is 116 cm³/mol. The lowest BCUT2D eigenvalue weighted by atomic mass is 9.99. The summed E-state index contributed by atoms with van der Waals surface area (Å²) in [5.74, 6) is -3.68. The highest BCUT2D eigenvalue weighted by atomic mass is 19.4. The molecule has 4 rings (SSSR count). The van der Waals surface area contributed by atoms with Crippen molar-refractivity contribution in [1.29, 1.82) is 0 Å². The van der Waals surface area contributed by atoms with Gasteiger partial charge in [-0.05, 0) is 45.4 Å². The highest BCUT2D eigenvalue weighted by Gasteiger charge is 2.43. The number of aryl methyl sites for hydroxylation is 2. The Bertz CT molecular complexity index is 857. The molecule has 2 N–H and O–H groups in total. The fraction of sp³-hybridized carbons (Fsp3) is 0.773. The molecule has 212 valence electrons. The van der Waals surface area contributed by atoms with Crippen LogP contribution >= 0.6 is 0 Å². The van der Waals surface area contributed by atoms with Gasteiger partial charge in [-0.25, -0.2) is 9.59 Å². The van der Waals surface area contributed by atoms with Gasteiger partial charge in [0.05, 0.1) is 5.69 Å². The predicted octanol–water partition coefficient (Wildman–Crippen LogP) is 3.63. The van der Waals surface area contributed by atoms with E-state index in [1.165, 1.54) is 50.9 Å². The summed E-state index contributed by atoms with van der Waals surface area (Å²) >= 11 is 0. The summed E-state index contributed by atoms with van der Waals surface area (Å²) in [4.78, 5) is 23.2. The van der Waals surface area contributed by atoms with Crippen molar-refractivity contribution >= 4 is 11.9 Å². The largest absolute Gasteiger partial charge is 0.490 e. The molecule has 0 amide bonds. The van der Waals surface area contributed by atoms with Gasteiger partial charge in [0.1, 0.15) is 5.76 Å². The SMILES string of the molecule is Cc1noc(C)c1CN1CC[C@H]2[C@H]1CCN2CC1CCOCC1.O=C(O)C(F)(F)F.O=C(O)C(F)(F)F. The molecular formula is C22H31F6N3O6. The van der Waals surface area contributed by atoms with Crippen LogP contribution < -0.4 is 0 Å². The normalized spacial score (nSPS) is 23.0. The van der Waals surface area contributed by atoms with Gasteiger partial charge in [-0.2, -0.15) is 26.3 Å². The van der Waals surface area contributed by atoms with Crippen molar-refractivity contribution in [3.63, 3.8) is 0 Å². The fourth-order valence-electron chi connectivity index (χ4n) is 4.78. The second-order valence-electron chi connectivity index (χ2n) is 9.14. The molecule has 0 unspecified atom stereocenters. The first-order valence-electron chi connectivity index (χ1n) is 11.7. The zero-order chi connectivity index (χ0) is 28.0. The molecule has 9 nitrogen and oxygen atoms in total. The summed E-state index contributed by atoms with van der Waals surface area (Å²) < 4.78 is 74.3. The third-order valence-corrected chi connectivity index (χ3v) is 6.67. The van der Waals surface area contributed by atoms with Gasteiger partial charge in [-0.3, -0.25) is 9.80 Å². The minimum atomic E-state index is -5.08. The van der Waals surface area contributed by atoms with Crippen molar-refractivity contribution in [3.8, 4) is 0 Å². The summed E-state index contributed by atoms with van der Waals surface area (Å²) in [5.41, 5.74) is 2.36. The van der Waals surface area contributed by atoms with E-state index in [2.05, 4.69) is 21.9 Å². The van der Waals surface area contributed by atoms with E-state index in [1.807, 2.05) is 6.92 Å². The Hall–Kier alpha value is -2.39. The number of likely N-dealkylation sites (tertiary alicyclic amines) is 2. The molecule has 3 saturated heterocycles. The van der Waals surface area contributed by atoms with Gasteiger partial charge in [-0.1, -0.05) is 5.16 Å². The Balaban J connectivity index is 0.000000286. The Morgan fingerprint density at radius 3 is 1.78 bits per heavy atom. The number of hydrogen-bond donors (Lipinski definition) is 2. The van der Waals surface area contributed by atoms with Gasteiger partial charge in [0.2, 0.25) is 0 Å². The zero-order valence-electron chi connectivity index (χ0n) is 20.4. The number of alkyl halides is 6. The van der Waals surface area contributed by atoms with Gasteiger partial charge in [0.25, 0.3) is 0 Å². The third-order valence-electron chi connectivity index (χ3n) is 6.67. The minimum absolute atomic E-state index is 0.726. The Labute approximate surface area is 209 Å². The molecule has 15 heteroatoms. The molecule has 4 heterocycles. The van der Waals surface area contributed by atoms with Gasteiger partial charge in [-0.15, -0.1) is 0 Å². The average Bonchev–Trinajstić information content (AvgIpc) is 3.47. The molecule has 3 aliphatic rings. The first-order chi connectivity index (χ1) is 17.1. The van der Waals surface area contributed by atoms with E-state index in [1.54, 1.807) is 0 Å². The fourth-order valence-corrected chi connectivity index (χ4v) is 4.78. The maximum Gasteiger partial charge on any atom is 0.490 e. The number of halogens is 6. The number of carboxylic acid groups (broad SMARTS) is 2. The van der Waals surface area contributed by atoms with Crippen LogP contribution in [0.1, 0.15) is 42.7 Å². The molecule has 3 fully saturated rings. The zero-order valence-corrected chi connectivity index (χ0v) is 20.4. The average molecular weight is 547 g/mol. The van der Waals surface area contributed by atoms with E-state index in [0.29, 0.717) is 0 Å². The van der Waals surface area contributed by atoms with E-state index < -0.39 is 24.3 Å². The lowest BCUT2D eigenvalue weighted by molar-refractivity contribution is -0.193. The lowest BCUT2D eigenvalue weighted by Crippen LogP contribution is -2.39. The molecule has 0 bridgehead atoms. The number of ether oxygens (including phenoxy) is 1. The van der Waals surface area contributed by atoms with Crippen LogP contribution in [0.25, 0.3) is 0 Å². The highest BCUT2D eigenvalue weighted by molar-refractivity contribution is 5.73. The number of aromatic nitrogens is 1. The Kier molecular flexibility index (Phi) is 10.8. The van der Waals surface area contributed by atoms with E-state index >= 15 is 0 Å². The van der Waals surface area contributed by atoms with Crippen molar-refractivity contribution in [3.05, 3.63) is 17.0 Å². The van der Waals surface area contributed by atoms with Crippen molar-refractivity contribution in [2.24, 2.45) is 5.92 Å². The molecule has 0 aromatic carbocycles. The van der Waals surface area contributed by atoms with Crippen LogP contribution in [0, 0.1) is 19.8 Å². The van der Waals surface area contributed by atoms with Crippen LogP contribution in [-0.4, -0.2) is 94.4 Å². The smallest absolute Gasteiger partial charge is 0.475 e. The summed E-state index contributed by atoms with van der Waals surface area (Å²) in [6.45, 7) is 10.8. The summed E-state index contributed by atoms with van der Waals surface area (Å²) in [6.07, 6.45) is -5.04. The first-order valence-corrected chi connectivity index (χ1v) is 11.7. The van der Waals surface area contributed by atoms with Gasteiger partial charge in [0.15, 0.2) is 0 Å². The second-order valence-corrected chi connectivity index (χ2v) is 9.14. The number of hydrogen-bond acceptors (Lipinski definition) is 7. The molecule has 37 heavy (non-hydrogen) atoms. The molecule has 3 aliphatic heterocycles. The Morgan fingerprint density at radius 2 is 1.35 bits per heavy atom. The van der Waals surface area contributed by atoms with E-state index in [-0.39, 0.29) is 0 Å². The number of carbonyl (C=O) groups is 2. The van der Waals surface area contributed by atoms with Gasteiger partial charge >= 0.3 is 24.3 Å². The monoisotopic (exact) mass is 547 g/mol. The highest BCUT2D eigenvalue weighted by Crippen LogP contribution is 2.34. The van der Waals surface area contributed by atoms with Crippen molar-refractivity contribution < 1.29 is 55.4 Å². The number of fused-ring (bicyclic) bond motifs is 1. The molecule has 0 spiro atoms. The number of rotatable bonds is 4. The van der Waals surface area contributed by atoms with Crippen molar-refractivity contribution in [1.82, 2.24) is 15.0 Å². The van der Waals surface area contributed by atoms with Gasteiger partial charge in [0, 0.05) is 57.0 Å². The number of aliphatic carboxylic acids is 2. The molecular weight excluding hydrogens is 516 g/mol. The van der Waals surface area contributed by atoms with Gasteiger partial charge < -0.3 is 19.5 Å². The van der Waals surface area contributed by atoms with E-state index in [4.69, 9.17) is 29.1 Å². The van der Waals surface area contributed by atoms with Crippen LogP contribution in [0.5, 0.6) is 0 Å². The van der Waals surface area contributed by atoms with Crippen molar-refractivity contribution in [2.75, 3.05) is 32.8 Å². The lowest BCUT2D eigenvalue weighted by Gasteiger charge is -2.30. The van der Waals surface area contributed by atoms with Crippen LogP contribution in [-0.2, 0) is 20.9 Å². The maximum atomic E-state index is 10.6. The third kappa shape index (κ3) is 9.14. The molecule has 0 saturated carbocycles. The molecule has 1 aromatic heterocycles. The summed E-state index contributed by atoms with van der Waals surface area (Å²) in [6, 6.07) is 1.49. The van der Waals surface area contributed by atoms with E-state index in [0.717, 1.165) is 49.2 Å². The standard InChI is InChI=1S/C18H29N3O2.2C2HF3O2/c1-13-16(14(2)23-19-13)12-21-8-4-17-18(21)3-7-20(17)11-15-5-9-22-10-6-15;2*3-2(4,5)1(6)7/h15,17-18H,3-12H2,1-2H3;2*(H,6,7)/t17-,18+;;/m0../s1. The topological polar surface area (TPSA) is 116 Å². The minimum Gasteiger partial charge on any atom is -0.475 e. The van der Waals surface area contributed by atoms with Crippen LogP contribution in [0.2, 0.25) is 0 Å². The van der Waals surface area contributed by atoms with Crippen LogP contribution in [0.3, 0.4) is 0 Å². The number of carboxylic acids is 2.